The van der Waals surface area contributed by atoms with Gasteiger partial charge in [-0.3, -0.25) is 9.36 Å². The highest BCUT2D eigenvalue weighted by Gasteiger charge is 2.17. The summed E-state index contributed by atoms with van der Waals surface area (Å²) in [6, 6.07) is 6.16. The van der Waals surface area contributed by atoms with Crippen molar-refractivity contribution in [1.82, 2.24) is 9.55 Å². The molecule has 3 rings (SSSR count). The third kappa shape index (κ3) is 3.37. The van der Waals surface area contributed by atoms with E-state index < -0.39 is 6.67 Å². The van der Waals surface area contributed by atoms with Crippen LogP contribution in [0.5, 0.6) is 0 Å². The number of hydrogen-bond acceptors (Lipinski definition) is 4. The van der Waals surface area contributed by atoms with Crippen molar-refractivity contribution in [3.63, 3.8) is 0 Å². The third-order valence-corrected chi connectivity index (χ3v) is 5.16. The van der Waals surface area contributed by atoms with Gasteiger partial charge in [0.1, 0.15) is 17.3 Å². The third-order valence-electron chi connectivity index (χ3n) is 4.28. The molecule has 0 amide bonds. The topological polar surface area (TPSA) is 44.1 Å². The van der Waals surface area contributed by atoms with Gasteiger partial charge in [0.25, 0.3) is 5.56 Å². The quantitative estimate of drug-likeness (QED) is 0.670. The lowest BCUT2D eigenvalue weighted by Crippen LogP contribution is -2.26. The van der Waals surface area contributed by atoms with E-state index in [4.69, 9.17) is 4.74 Å². The van der Waals surface area contributed by atoms with Crippen molar-refractivity contribution >= 4 is 21.6 Å². The molecule has 2 heterocycles. The molecule has 0 saturated heterocycles. The summed E-state index contributed by atoms with van der Waals surface area (Å²) in [6.45, 7) is 3.94. The van der Waals surface area contributed by atoms with E-state index in [1.54, 1.807) is 7.11 Å². The molecule has 132 valence electrons. The van der Waals surface area contributed by atoms with E-state index >= 15 is 0 Å². The first kappa shape index (κ1) is 17.8. The van der Waals surface area contributed by atoms with E-state index in [0.717, 1.165) is 16.7 Å². The van der Waals surface area contributed by atoms with E-state index in [1.807, 2.05) is 31.4 Å². The van der Waals surface area contributed by atoms with Gasteiger partial charge in [-0.25, -0.2) is 9.37 Å². The molecule has 0 atom stereocenters. The molecule has 0 fully saturated rings. The predicted octanol–water partition coefficient (Wildman–Crippen LogP) is 3.90. The molecular weight excluding hydrogens is 339 g/mol. The van der Waals surface area contributed by atoms with E-state index in [9.17, 15) is 9.18 Å². The van der Waals surface area contributed by atoms with Gasteiger partial charge in [0.05, 0.1) is 18.5 Å². The second kappa shape index (κ2) is 7.45. The maximum Gasteiger partial charge on any atom is 0.262 e. The highest BCUT2D eigenvalue weighted by Crippen LogP contribution is 2.33. The maximum absolute atomic E-state index is 13.1. The van der Waals surface area contributed by atoms with Crippen LogP contribution in [0.4, 0.5) is 4.39 Å². The Hall–Kier alpha value is -2.05. The van der Waals surface area contributed by atoms with Crippen LogP contribution < -0.4 is 5.56 Å². The molecule has 3 aromatic rings. The molecule has 0 unspecified atom stereocenters. The van der Waals surface area contributed by atoms with Crippen LogP contribution in [-0.4, -0.2) is 29.9 Å². The molecule has 0 radical (unpaired) electrons. The number of nitrogens with zero attached hydrogens (tertiary/aromatic N) is 2. The number of thiophene rings is 1. The summed E-state index contributed by atoms with van der Waals surface area (Å²) >= 11 is 1.45. The Balaban J connectivity index is 2.23. The fourth-order valence-corrected chi connectivity index (χ4v) is 4.03. The lowest BCUT2D eigenvalue weighted by Gasteiger charge is -2.12. The van der Waals surface area contributed by atoms with Crippen LogP contribution in [0.15, 0.2) is 28.4 Å². The Morgan fingerprint density at radius 3 is 2.76 bits per heavy atom. The molecule has 0 spiro atoms. The van der Waals surface area contributed by atoms with E-state index in [2.05, 4.69) is 11.1 Å². The fraction of sp³-hybridized carbons (Fsp3) is 0.368. The number of hydrogen-bond donors (Lipinski definition) is 0. The van der Waals surface area contributed by atoms with Gasteiger partial charge in [0.15, 0.2) is 0 Å². The molecule has 0 aliphatic carbocycles. The second-order valence-electron chi connectivity index (χ2n) is 6.06. The Morgan fingerprint density at radius 2 is 2.08 bits per heavy atom. The van der Waals surface area contributed by atoms with Crippen molar-refractivity contribution < 1.29 is 9.13 Å². The van der Waals surface area contributed by atoms with Gasteiger partial charge in [0, 0.05) is 24.5 Å². The van der Waals surface area contributed by atoms with Crippen molar-refractivity contribution in [3.05, 3.63) is 50.9 Å². The number of aryl methyl sites for hydroxylation is 2. The Kier molecular flexibility index (Phi) is 5.30. The summed E-state index contributed by atoms with van der Waals surface area (Å²) in [4.78, 5) is 18.4. The van der Waals surface area contributed by atoms with Gasteiger partial charge in [-0.05, 0) is 25.0 Å². The molecule has 0 bridgehead atoms. The number of halogens is 1. The zero-order valence-electron chi connectivity index (χ0n) is 14.6. The van der Waals surface area contributed by atoms with Crippen molar-refractivity contribution in [2.24, 2.45) is 0 Å². The van der Waals surface area contributed by atoms with Crippen LogP contribution in [0, 0.1) is 13.8 Å². The summed E-state index contributed by atoms with van der Waals surface area (Å²) in [6.07, 6.45) is 0.485. The average molecular weight is 360 g/mol. The van der Waals surface area contributed by atoms with Crippen LogP contribution in [-0.2, 0) is 17.7 Å². The van der Waals surface area contributed by atoms with Crippen LogP contribution in [0.2, 0.25) is 0 Å². The number of fused-ring (bicyclic) bond motifs is 1. The molecule has 1 aromatic carbocycles. The molecule has 0 N–H and O–H groups in total. The van der Waals surface area contributed by atoms with Gasteiger partial charge in [-0.2, -0.15) is 0 Å². The van der Waals surface area contributed by atoms with Crippen LogP contribution in [0.1, 0.15) is 17.0 Å². The smallest absolute Gasteiger partial charge is 0.262 e. The highest BCUT2D eigenvalue weighted by atomic mass is 32.1. The van der Waals surface area contributed by atoms with Gasteiger partial charge >= 0.3 is 0 Å². The standard InChI is InChI=1S/C19H21FN2O2S/c1-12-4-5-14(13(2)10-12)15-11-25-18-17(15)19(23)22(8-7-20)16(21-18)6-9-24-3/h4-5,10-11H,6-9H2,1-3H3. The Bertz CT molecular complexity index is 962. The number of aromatic nitrogens is 2. The molecule has 25 heavy (non-hydrogen) atoms. The van der Waals surface area contributed by atoms with Crippen LogP contribution in [0.25, 0.3) is 21.3 Å². The molecule has 2 aromatic heterocycles. The SMILES string of the molecule is COCCc1nc2scc(-c3ccc(C)cc3C)c2c(=O)n1CCF. The molecule has 6 heteroatoms. The molecule has 0 aliphatic heterocycles. The number of benzene rings is 1. The minimum atomic E-state index is -0.601. The minimum absolute atomic E-state index is 0.0169. The van der Waals surface area contributed by atoms with Crippen molar-refractivity contribution in [3.8, 4) is 11.1 Å². The monoisotopic (exact) mass is 360 g/mol. The summed E-state index contributed by atoms with van der Waals surface area (Å²) < 4.78 is 19.5. The predicted molar refractivity (Wildman–Crippen MR) is 100 cm³/mol. The van der Waals surface area contributed by atoms with Crippen molar-refractivity contribution in [2.45, 2.75) is 26.8 Å². The van der Waals surface area contributed by atoms with E-state index in [0.29, 0.717) is 29.1 Å². The lowest BCUT2D eigenvalue weighted by molar-refractivity contribution is 0.199. The maximum atomic E-state index is 13.1. The van der Waals surface area contributed by atoms with Crippen LogP contribution >= 0.6 is 11.3 Å². The molecule has 0 aliphatic rings. The first-order chi connectivity index (χ1) is 12.1. The van der Waals surface area contributed by atoms with Gasteiger partial charge in [-0.1, -0.05) is 23.8 Å². The summed E-state index contributed by atoms with van der Waals surface area (Å²) in [5.74, 6) is 0.575. The summed E-state index contributed by atoms with van der Waals surface area (Å²) in [5, 5.41) is 2.54. The largest absolute Gasteiger partial charge is 0.384 e. The first-order valence-electron chi connectivity index (χ1n) is 8.20. The van der Waals surface area contributed by atoms with Gasteiger partial charge in [0.2, 0.25) is 0 Å². The number of ether oxygens (including phenoxy) is 1. The second-order valence-corrected chi connectivity index (χ2v) is 6.92. The molecule has 0 saturated carbocycles. The van der Waals surface area contributed by atoms with Crippen LogP contribution in [0.3, 0.4) is 0 Å². The average Bonchev–Trinajstić information content (AvgIpc) is 3.00. The minimum Gasteiger partial charge on any atom is -0.384 e. The number of alkyl halides is 1. The Labute approximate surface area is 149 Å². The van der Waals surface area contributed by atoms with Gasteiger partial charge in [-0.15, -0.1) is 11.3 Å². The van der Waals surface area contributed by atoms with E-state index in [1.165, 1.54) is 21.5 Å². The number of methoxy groups -OCH3 is 1. The van der Waals surface area contributed by atoms with E-state index in [-0.39, 0.29) is 12.1 Å². The van der Waals surface area contributed by atoms with Gasteiger partial charge < -0.3 is 4.74 Å². The highest BCUT2D eigenvalue weighted by molar-refractivity contribution is 7.17. The summed E-state index contributed by atoms with van der Waals surface area (Å²) in [7, 11) is 1.60. The Morgan fingerprint density at radius 1 is 1.28 bits per heavy atom. The zero-order chi connectivity index (χ0) is 18.0. The molecule has 4 nitrogen and oxygen atoms in total. The summed E-state index contributed by atoms with van der Waals surface area (Å²) in [5.41, 5.74) is 4.01. The fourth-order valence-electron chi connectivity index (χ4n) is 3.08. The lowest BCUT2D eigenvalue weighted by atomic mass is 9.99. The normalized spacial score (nSPS) is 11.4. The van der Waals surface area contributed by atoms with Crippen molar-refractivity contribution in [1.29, 1.82) is 0 Å². The number of rotatable bonds is 6. The van der Waals surface area contributed by atoms with Crippen molar-refractivity contribution in [2.75, 3.05) is 20.4 Å². The first-order valence-corrected chi connectivity index (χ1v) is 9.08. The molecular formula is C19H21FN2O2S. The zero-order valence-corrected chi connectivity index (χ0v) is 15.5.